The van der Waals surface area contributed by atoms with E-state index >= 15 is 0 Å². The summed E-state index contributed by atoms with van der Waals surface area (Å²) in [6.45, 7) is -0.0532. The van der Waals surface area contributed by atoms with Crippen LogP contribution in [0.4, 0.5) is 10.1 Å². The molecule has 39 heavy (non-hydrogen) atoms. The van der Waals surface area contributed by atoms with Gasteiger partial charge in [0.05, 0.1) is 22.0 Å². The number of benzene rings is 3. The van der Waals surface area contributed by atoms with Gasteiger partial charge in [-0.1, -0.05) is 58.9 Å². The van der Waals surface area contributed by atoms with Crippen LogP contribution >= 0.6 is 27.5 Å². The second kappa shape index (κ2) is 11.6. The van der Waals surface area contributed by atoms with Crippen LogP contribution in [-0.4, -0.2) is 20.8 Å². The molecule has 0 radical (unpaired) electrons. The van der Waals surface area contributed by atoms with E-state index in [9.17, 15) is 19.3 Å². The maximum Gasteiger partial charge on any atom is 0.313 e. The number of nitro benzene ring substituents is 1. The summed E-state index contributed by atoms with van der Waals surface area (Å²) in [5, 5.41) is 16.8. The number of fused-ring (bicyclic) bond motifs is 1. The van der Waals surface area contributed by atoms with Gasteiger partial charge in [-0.2, -0.15) is 9.78 Å². The number of nitrogens with zero attached hydrogens (tertiary/aromatic N) is 4. The Morgan fingerprint density at radius 1 is 1.15 bits per heavy atom. The Labute approximate surface area is 236 Å². The molecular weight excluding hydrogens is 591 g/mol. The maximum absolute atomic E-state index is 13.6. The molecule has 0 atom stereocenters. The van der Waals surface area contributed by atoms with Crippen LogP contribution in [0.5, 0.6) is 5.75 Å². The van der Waals surface area contributed by atoms with Crippen molar-refractivity contribution in [1.82, 2.24) is 9.66 Å². The molecule has 200 valence electrons. The highest BCUT2D eigenvalue weighted by molar-refractivity contribution is 9.10. The topological polar surface area (TPSA) is 99.6 Å². The molecule has 0 bridgehead atoms. The quantitative estimate of drug-likeness (QED) is 0.123. The second-order valence-electron chi connectivity index (χ2n) is 9.34. The van der Waals surface area contributed by atoms with Gasteiger partial charge < -0.3 is 4.74 Å². The first-order chi connectivity index (χ1) is 18.8. The lowest BCUT2D eigenvalue weighted by molar-refractivity contribution is -0.385. The Kier molecular flexibility index (Phi) is 8.04. The lowest BCUT2D eigenvalue weighted by Gasteiger charge is -2.22. The Morgan fingerprint density at radius 2 is 1.90 bits per heavy atom. The zero-order valence-electron chi connectivity index (χ0n) is 20.6. The molecule has 1 aliphatic carbocycles. The summed E-state index contributed by atoms with van der Waals surface area (Å²) in [4.78, 5) is 29.7. The second-order valence-corrected chi connectivity index (χ2v) is 10.7. The minimum atomic E-state index is -0.599. The van der Waals surface area contributed by atoms with Crippen molar-refractivity contribution in [3.8, 4) is 5.75 Å². The van der Waals surface area contributed by atoms with Crippen molar-refractivity contribution in [2.24, 2.45) is 5.10 Å². The molecule has 1 aromatic heterocycles. The number of ether oxygens (including phenoxy) is 1. The first-order valence-electron chi connectivity index (χ1n) is 12.4. The van der Waals surface area contributed by atoms with Crippen molar-refractivity contribution in [3.63, 3.8) is 0 Å². The van der Waals surface area contributed by atoms with Gasteiger partial charge in [-0.25, -0.2) is 9.37 Å². The van der Waals surface area contributed by atoms with E-state index in [1.165, 1.54) is 47.3 Å². The average Bonchev–Trinajstić information content (AvgIpc) is 2.93. The Morgan fingerprint density at radius 3 is 2.62 bits per heavy atom. The summed E-state index contributed by atoms with van der Waals surface area (Å²) in [6, 6.07) is 13.6. The number of hydrogen-bond donors (Lipinski definition) is 0. The molecule has 3 aromatic carbocycles. The van der Waals surface area contributed by atoms with Crippen molar-refractivity contribution < 1.29 is 14.1 Å². The SMILES string of the molecule is O=c1c2cc(Br)ccc2nc(C2CCCCC2)n1N=Cc1cc(Cl)cc([N+](=O)[O-])c1OCc1ccc(F)cc1. The fourth-order valence-corrected chi connectivity index (χ4v) is 5.33. The summed E-state index contributed by atoms with van der Waals surface area (Å²) in [5.41, 5.74) is 0.711. The number of rotatable bonds is 7. The summed E-state index contributed by atoms with van der Waals surface area (Å²) in [6.07, 6.45) is 6.30. The van der Waals surface area contributed by atoms with Gasteiger partial charge in [-0.15, -0.1) is 0 Å². The van der Waals surface area contributed by atoms with Crippen LogP contribution in [0.2, 0.25) is 5.02 Å². The zero-order valence-corrected chi connectivity index (χ0v) is 23.0. The Hall–Kier alpha value is -3.63. The first kappa shape index (κ1) is 27.0. The van der Waals surface area contributed by atoms with Gasteiger partial charge in [0, 0.05) is 27.0 Å². The smallest absolute Gasteiger partial charge is 0.313 e. The molecule has 5 rings (SSSR count). The molecule has 0 unspecified atom stereocenters. The van der Waals surface area contributed by atoms with Gasteiger partial charge in [0.2, 0.25) is 5.75 Å². The van der Waals surface area contributed by atoms with Gasteiger partial charge in [0.1, 0.15) is 18.2 Å². The number of aromatic nitrogens is 2. The Bertz CT molecular complexity index is 1640. The lowest BCUT2D eigenvalue weighted by Crippen LogP contribution is -2.25. The molecule has 0 amide bonds. The molecule has 0 spiro atoms. The molecule has 4 aromatic rings. The van der Waals surface area contributed by atoms with Crippen LogP contribution in [0, 0.1) is 15.9 Å². The van der Waals surface area contributed by atoms with Gasteiger partial charge >= 0.3 is 5.69 Å². The summed E-state index contributed by atoms with van der Waals surface area (Å²) >= 11 is 9.62. The fraction of sp³-hybridized carbons (Fsp3) is 0.250. The summed E-state index contributed by atoms with van der Waals surface area (Å²) in [5.74, 6) is 0.135. The predicted molar refractivity (Wildman–Crippen MR) is 151 cm³/mol. The van der Waals surface area contributed by atoms with E-state index < -0.39 is 10.7 Å². The van der Waals surface area contributed by atoms with Crippen LogP contribution in [-0.2, 0) is 6.61 Å². The zero-order chi connectivity index (χ0) is 27.5. The first-order valence-corrected chi connectivity index (χ1v) is 13.6. The standard InChI is InChI=1S/C28H23BrClFN4O4/c29-20-8-11-24-23(13-20)28(36)34(27(33-24)18-4-2-1-3-5-18)32-15-19-12-21(30)14-25(35(37)38)26(19)39-16-17-6-9-22(31)10-7-17/h6-15,18H,1-5,16H2. The minimum absolute atomic E-state index is 0.0532. The molecule has 1 fully saturated rings. The van der Waals surface area contributed by atoms with E-state index in [2.05, 4.69) is 21.0 Å². The van der Waals surface area contributed by atoms with E-state index in [4.69, 9.17) is 21.3 Å². The van der Waals surface area contributed by atoms with Crippen molar-refractivity contribution >= 4 is 50.3 Å². The largest absolute Gasteiger partial charge is 0.481 e. The fourth-order valence-electron chi connectivity index (χ4n) is 4.75. The third-order valence-electron chi connectivity index (χ3n) is 6.67. The van der Waals surface area contributed by atoms with Crippen LogP contribution in [0.3, 0.4) is 0 Å². The van der Waals surface area contributed by atoms with E-state index in [0.29, 0.717) is 22.3 Å². The normalized spacial score (nSPS) is 14.2. The predicted octanol–water partition coefficient (Wildman–Crippen LogP) is 7.37. The highest BCUT2D eigenvalue weighted by Gasteiger charge is 2.24. The molecule has 1 heterocycles. The molecular formula is C28H23BrClFN4O4. The third-order valence-corrected chi connectivity index (χ3v) is 7.38. The van der Waals surface area contributed by atoms with Crippen LogP contribution in [0.25, 0.3) is 10.9 Å². The summed E-state index contributed by atoms with van der Waals surface area (Å²) < 4.78 is 21.2. The van der Waals surface area contributed by atoms with E-state index in [1.54, 1.807) is 12.1 Å². The van der Waals surface area contributed by atoms with Gasteiger partial charge in [-0.05, 0) is 54.8 Å². The van der Waals surface area contributed by atoms with Crippen molar-refractivity contribution in [2.45, 2.75) is 44.6 Å². The molecule has 0 aliphatic heterocycles. The van der Waals surface area contributed by atoms with Crippen molar-refractivity contribution in [2.75, 3.05) is 0 Å². The average molecular weight is 614 g/mol. The van der Waals surface area contributed by atoms with Crippen molar-refractivity contribution in [1.29, 1.82) is 0 Å². The van der Waals surface area contributed by atoms with E-state index in [-0.39, 0.29) is 40.1 Å². The minimum Gasteiger partial charge on any atom is -0.481 e. The molecule has 11 heteroatoms. The van der Waals surface area contributed by atoms with Crippen LogP contribution in [0.1, 0.15) is 55.0 Å². The molecule has 1 aliphatic rings. The number of halogens is 3. The highest BCUT2D eigenvalue weighted by Crippen LogP contribution is 2.35. The molecule has 0 N–H and O–H groups in total. The van der Waals surface area contributed by atoms with E-state index in [1.807, 2.05) is 6.07 Å². The van der Waals surface area contributed by atoms with Crippen molar-refractivity contribution in [3.05, 3.63) is 107 Å². The van der Waals surface area contributed by atoms with Gasteiger partial charge in [-0.3, -0.25) is 14.9 Å². The summed E-state index contributed by atoms with van der Waals surface area (Å²) in [7, 11) is 0. The monoisotopic (exact) mass is 612 g/mol. The number of nitro groups is 1. The molecule has 0 saturated heterocycles. The lowest BCUT2D eigenvalue weighted by atomic mass is 9.88. The molecule has 8 nitrogen and oxygen atoms in total. The van der Waals surface area contributed by atoms with E-state index in [0.717, 1.165) is 36.6 Å². The van der Waals surface area contributed by atoms with Crippen LogP contribution in [0.15, 0.2) is 69.0 Å². The Balaban J connectivity index is 1.61. The van der Waals surface area contributed by atoms with Gasteiger partial charge in [0.25, 0.3) is 5.56 Å². The maximum atomic E-state index is 13.6. The third kappa shape index (κ3) is 6.02. The van der Waals surface area contributed by atoms with Gasteiger partial charge in [0.15, 0.2) is 0 Å². The molecule has 1 saturated carbocycles. The van der Waals surface area contributed by atoms with Crippen LogP contribution < -0.4 is 10.3 Å². The highest BCUT2D eigenvalue weighted by atomic mass is 79.9. The number of hydrogen-bond acceptors (Lipinski definition) is 6.